The van der Waals surface area contributed by atoms with Gasteiger partial charge >= 0.3 is 0 Å². The number of aryl methyl sites for hydroxylation is 1. The Morgan fingerprint density at radius 2 is 2.26 bits per heavy atom. The van der Waals surface area contributed by atoms with Gasteiger partial charge < -0.3 is 5.73 Å². The molecule has 6 nitrogen and oxygen atoms in total. The van der Waals surface area contributed by atoms with Crippen LogP contribution < -0.4 is 11.2 Å². The number of fused-ring (bicyclic) bond motifs is 1. The number of hydrogen-bond acceptors (Lipinski definition) is 4. The number of rotatable bonds is 2. The number of hydrazone groups is 1. The molecule has 1 aliphatic carbocycles. The van der Waals surface area contributed by atoms with E-state index in [1.54, 1.807) is 0 Å². The summed E-state index contributed by atoms with van der Waals surface area (Å²) in [6.45, 7) is 1.92. The maximum Gasteiger partial charge on any atom is 0.206 e. The molecule has 10 heteroatoms. The number of nitrogens with zero attached hydrogens (tertiary/aromatic N) is 2. The van der Waals surface area contributed by atoms with Crippen molar-refractivity contribution in [2.24, 2.45) is 10.8 Å². The lowest BCUT2D eigenvalue weighted by Gasteiger charge is -2.23. The van der Waals surface area contributed by atoms with Crippen molar-refractivity contribution in [3.63, 3.8) is 0 Å². The van der Waals surface area contributed by atoms with Crippen LogP contribution in [0.15, 0.2) is 11.2 Å². The Bertz CT molecular complexity index is 766. The van der Waals surface area contributed by atoms with Gasteiger partial charge in [0, 0.05) is 11.3 Å². The molecule has 0 bridgehead atoms. The molecule has 2 aromatic rings. The SMILES string of the molecule is Cc1n[nH]c2c1C(=NNC(=N)N)CC(c1cc(Cl)sc1Cl)C2.Cl. The molecule has 0 saturated heterocycles. The third-order valence-corrected chi connectivity index (χ3v) is 5.15. The molecule has 0 spiro atoms. The molecule has 5 N–H and O–H groups in total. The van der Waals surface area contributed by atoms with E-state index in [1.165, 1.54) is 11.3 Å². The number of nitrogens with one attached hydrogen (secondary N) is 3. The van der Waals surface area contributed by atoms with Gasteiger partial charge in [-0.25, -0.2) is 5.43 Å². The van der Waals surface area contributed by atoms with Crippen LogP contribution in [0.4, 0.5) is 0 Å². The molecule has 1 unspecified atom stereocenters. The standard InChI is InChI=1S/C13H14Cl2N6S.ClH/c1-5-11-8(19-18-5)2-6(3-9(11)20-21-13(16)17)7-4-10(14)22-12(7)15;/h4,6H,2-3H2,1H3,(H,18,19)(H4,16,17,21);1H. The number of guanidine groups is 1. The van der Waals surface area contributed by atoms with Crippen molar-refractivity contribution in [1.29, 1.82) is 5.41 Å². The van der Waals surface area contributed by atoms with E-state index in [-0.39, 0.29) is 24.3 Å². The van der Waals surface area contributed by atoms with Crippen LogP contribution in [0, 0.1) is 12.3 Å². The van der Waals surface area contributed by atoms with Crippen molar-refractivity contribution in [2.45, 2.75) is 25.7 Å². The first-order chi connectivity index (χ1) is 10.5. The van der Waals surface area contributed by atoms with Crippen LogP contribution in [-0.2, 0) is 6.42 Å². The third-order valence-electron chi connectivity index (χ3n) is 3.64. The first kappa shape index (κ1) is 18.1. The Labute approximate surface area is 153 Å². The van der Waals surface area contributed by atoms with Crippen LogP contribution in [0.3, 0.4) is 0 Å². The normalized spacial score (nSPS) is 18.4. The molecule has 2 heterocycles. The van der Waals surface area contributed by atoms with Crippen molar-refractivity contribution in [2.75, 3.05) is 0 Å². The fourth-order valence-corrected chi connectivity index (χ4v) is 4.37. The summed E-state index contributed by atoms with van der Waals surface area (Å²) in [6, 6.07) is 1.91. The van der Waals surface area contributed by atoms with Crippen molar-refractivity contribution < 1.29 is 0 Å². The number of aromatic amines is 1. The molecule has 1 atom stereocenters. The third kappa shape index (κ3) is 3.63. The maximum absolute atomic E-state index is 7.26. The van der Waals surface area contributed by atoms with Crippen molar-refractivity contribution >= 4 is 58.6 Å². The van der Waals surface area contributed by atoms with Gasteiger partial charge in [0.25, 0.3) is 0 Å². The highest BCUT2D eigenvalue weighted by Crippen LogP contribution is 2.41. The molecule has 0 aliphatic heterocycles. The van der Waals surface area contributed by atoms with E-state index >= 15 is 0 Å². The van der Waals surface area contributed by atoms with E-state index in [1.807, 2.05) is 13.0 Å². The number of hydrogen-bond donors (Lipinski definition) is 4. The molecule has 3 rings (SSSR count). The number of halogens is 3. The molecule has 23 heavy (non-hydrogen) atoms. The zero-order valence-corrected chi connectivity index (χ0v) is 15.3. The van der Waals surface area contributed by atoms with Crippen LogP contribution >= 0.6 is 46.9 Å². The lowest BCUT2D eigenvalue weighted by molar-refractivity contribution is 0.680. The molecule has 0 saturated carbocycles. The molecule has 0 amide bonds. The zero-order chi connectivity index (χ0) is 15.9. The van der Waals surface area contributed by atoms with Gasteiger partial charge in [0.05, 0.1) is 20.1 Å². The topological polar surface area (TPSA) is 103 Å². The second-order valence-electron chi connectivity index (χ2n) is 5.13. The Morgan fingerprint density at radius 3 is 2.87 bits per heavy atom. The van der Waals surface area contributed by atoms with E-state index in [0.29, 0.717) is 15.1 Å². The molecular formula is C13H15Cl3N6S. The summed E-state index contributed by atoms with van der Waals surface area (Å²) in [7, 11) is 0. The summed E-state index contributed by atoms with van der Waals surface area (Å²) >= 11 is 13.7. The summed E-state index contributed by atoms with van der Waals surface area (Å²) in [4.78, 5) is 0. The van der Waals surface area contributed by atoms with E-state index in [4.69, 9.17) is 34.3 Å². The van der Waals surface area contributed by atoms with Gasteiger partial charge in [0.1, 0.15) is 0 Å². The van der Waals surface area contributed by atoms with Crippen molar-refractivity contribution in [3.05, 3.63) is 37.3 Å². The molecular weight excluding hydrogens is 379 g/mol. The minimum absolute atomic E-state index is 0. The van der Waals surface area contributed by atoms with E-state index < -0.39 is 0 Å². The summed E-state index contributed by atoms with van der Waals surface area (Å²) in [5, 5.41) is 18.8. The predicted molar refractivity (Wildman–Crippen MR) is 97.6 cm³/mol. The van der Waals surface area contributed by atoms with Crippen molar-refractivity contribution in [3.8, 4) is 0 Å². The Balaban J connectivity index is 0.00000192. The average Bonchev–Trinajstić information content (AvgIpc) is 2.99. The summed E-state index contributed by atoms with van der Waals surface area (Å²) < 4.78 is 1.38. The monoisotopic (exact) mass is 392 g/mol. The predicted octanol–water partition coefficient (Wildman–Crippen LogP) is 3.43. The highest BCUT2D eigenvalue weighted by Gasteiger charge is 2.30. The van der Waals surface area contributed by atoms with Gasteiger partial charge in [-0.3, -0.25) is 10.5 Å². The lowest BCUT2D eigenvalue weighted by atomic mass is 9.82. The minimum atomic E-state index is -0.200. The number of H-pyrrole nitrogens is 1. The van der Waals surface area contributed by atoms with Crippen LogP contribution in [0.2, 0.25) is 8.67 Å². The lowest BCUT2D eigenvalue weighted by Crippen LogP contribution is -2.29. The van der Waals surface area contributed by atoms with Gasteiger partial charge in [0.2, 0.25) is 5.96 Å². The Hall–Kier alpha value is -1.28. The minimum Gasteiger partial charge on any atom is -0.369 e. The smallest absolute Gasteiger partial charge is 0.206 e. The molecule has 2 aromatic heterocycles. The van der Waals surface area contributed by atoms with Gasteiger partial charge in [-0.15, -0.1) is 23.7 Å². The van der Waals surface area contributed by atoms with Gasteiger partial charge in [-0.2, -0.15) is 10.2 Å². The second-order valence-corrected chi connectivity index (χ2v) is 7.42. The van der Waals surface area contributed by atoms with Gasteiger partial charge in [-0.05, 0) is 37.3 Å². The van der Waals surface area contributed by atoms with Gasteiger partial charge in [-0.1, -0.05) is 23.2 Å². The Kier molecular flexibility index (Phi) is 5.57. The number of thiophene rings is 1. The maximum atomic E-state index is 7.26. The van der Waals surface area contributed by atoms with Crippen LogP contribution in [0.5, 0.6) is 0 Å². The van der Waals surface area contributed by atoms with Crippen LogP contribution in [-0.4, -0.2) is 21.9 Å². The summed E-state index contributed by atoms with van der Waals surface area (Å²) in [5.74, 6) is -0.0370. The number of nitrogens with two attached hydrogens (primary N) is 1. The van der Waals surface area contributed by atoms with E-state index in [0.717, 1.165) is 34.6 Å². The van der Waals surface area contributed by atoms with Gasteiger partial charge in [0.15, 0.2) is 0 Å². The largest absolute Gasteiger partial charge is 0.369 e. The summed E-state index contributed by atoms with van der Waals surface area (Å²) in [5.41, 5.74) is 12.5. The van der Waals surface area contributed by atoms with Crippen molar-refractivity contribution in [1.82, 2.24) is 15.6 Å². The zero-order valence-electron chi connectivity index (χ0n) is 12.1. The van der Waals surface area contributed by atoms with E-state index in [2.05, 4.69) is 20.7 Å². The fraction of sp³-hybridized carbons (Fsp3) is 0.308. The fourth-order valence-electron chi connectivity index (χ4n) is 2.75. The second kappa shape index (κ2) is 7.09. The van der Waals surface area contributed by atoms with Crippen LogP contribution in [0.25, 0.3) is 0 Å². The summed E-state index contributed by atoms with van der Waals surface area (Å²) in [6.07, 6.45) is 1.47. The Morgan fingerprint density at radius 1 is 1.52 bits per heavy atom. The molecule has 0 fully saturated rings. The highest BCUT2D eigenvalue weighted by molar-refractivity contribution is 7.20. The highest BCUT2D eigenvalue weighted by atomic mass is 35.5. The quantitative estimate of drug-likeness (QED) is 0.357. The first-order valence-electron chi connectivity index (χ1n) is 6.61. The molecule has 0 radical (unpaired) electrons. The average molecular weight is 394 g/mol. The van der Waals surface area contributed by atoms with E-state index in [9.17, 15) is 0 Å². The van der Waals surface area contributed by atoms with Crippen LogP contribution in [0.1, 0.15) is 34.9 Å². The molecule has 1 aliphatic rings. The number of aromatic nitrogens is 2. The first-order valence-corrected chi connectivity index (χ1v) is 8.18. The molecule has 124 valence electrons. The molecule has 0 aromatic carbocycles.